The van der Waals surface area contributed by atoms with Gasteiger partial charge in [-0.25, -0.2) is 0 Å². The summed E-state index contributed by atoms with van der Waals surface area (Å²) in [5, 5.41) is 0. The van der Waals surface area contributed by atoms with Gasteiger partial charge >= 0.3 is 0 Å². The predicted octanol–water partition coefficient (Wildman–Crippen LogP) is 1.81. The van der Waals surface area contributed by atoms with Crippen LogP contribution in [0.4, 0.5) is 0 Å². The summed E-state index contributed by atoms with van der Waals surface area (Å²) in [5.41, 5.74) is -0.0936. The summed E-state index contributed by atoms with van der Waals surface area (Å²) in [7, 11) is 0. The van der Waals surface area contributed by atoms with Crippen molar-refractivity contribution < 1.29 is 4.79 Å². The van der Waals surface area contributed by atoms with E-state index in [4.69, 9.17) is 0 Å². The number of likely N-dealkylation sites (tertiary alicyclic amines) is 1. The highest BCUT2D eigenvalue weighted by molar-refractivity contribution is 7.98. The molecule has 1 saturated heterocycles. The number of amides is 1. The normalized spacial score (nSPS) is 19.6. The molecule has 86 valence electrons. The molecule has 0 bridgehead atoms. The van der Waals surface area contributed by atoms with E-state index < -0.39 is 0 Å². The fraction of sp³-hybridized carbons (Fsp3) is 0.727. The first-order valence-electron chi connectivity index (χ1n) is 5.12. The van der Waals surface area contributed by atoms with Gasteiger partial charge in [-0.3, -0.25) is 9.52 Å². The number of carbonyl (C=O) groups is 1. The van der Waals surface area contributed by atoms with E-state index in [0.29, 0.717) is 0 Å². The average Bonchev–Trinajstić information content (AvgIpc) is 2.00. The number of rotatable bonds is 3. The lowest BCUT2D eigenvalue weighted by atomic mass is 9.91. The van der Waals surface area contributed by atoms with Crippen molar-refractivity contribution in [3.63, 3.8) is 0 Å². The minimum atomic E-state index is -0.0936. The third-order valence-electron chi connectivity index (χ3n) is 2.34. The zero-order valence-electron chi connectivity index (χ0n) is 9.96. The van der Waals surface area contributed by atoms with Crippen LogP contribution in [0, 0.1) is 0 Å². The number of hydrogen-bond donors (Lipinski definition) is 1. The molecule has 0 saturated carbocycles. The summed E-state index contributed by atoms with van der Waals surface area (Å²) >= 11 is 1.70. The lowest BCUT2D eigenvalue weighted by Gasteiger charge is -2.49. The monoisotopic (exact) mass is 228 g/mol. The number of hydrogen-bond acceptors (Lipinski definition) is 3. The van der Waals surface area contributed by atoms with Crippen LogP contribution in [0.25, 0.3) is 0 Å². The molecule has 1 heterocycles. The van der Waals surface area contributed by atoms with E-state index in [-0.39, 0.29) is 16.2 Å². The quantitative estimate of drug-likeness (QED) is 0.590. The Labute approximate surface area is 96.4 Å². The average molecular weight is 228 g/mol. The lowest BCUT2D eigenvalue weighted by molar-refractivity contribution is -0.135. The van der Waals surface area contributed by atoms with Crippen LogP contribution < -0.4 is 4.72 Å². The number of nitrogens with one attached hydrogen (secondary N) is 1. The van der Waals surface area contributed by atoms with Crippen LogP contribution >= 0.6 is 11.9 Å². The van der Waals surface area contributed by atoms with E-state index in [1.54, 1.807) is 18.9 Å². The standard InChI is InChI=1S/C11H20N2OS/c1-6-11(12-15-10(3,4)5)7-13(8-11)9(2)14/h6,12H,1,7-8H2,2-5H3. The lowest BCUT2D eigenvalue weighted by Crippen LogP contribution is -2.67. The van der Waals surface area contributed by atoms with Crippen LogP contribution in [-0.2, 0) is 4.79 Å². The maximum absolute atomic E-state index is 11.1. The SMILES string of the molecule is C=CC1(NSC(C)(C)C)CN(C(C)=O)C1. The summed E-state index contributed by atoms with van der Waals surface area (Å²) in [6, 6.07) is 0. The van der Waals surface area contributed by atoms with Gasteiger partial charge < -0.3 is 4.90 Å². The molecular weight excluding hydrogens is 208 g/mol. The molecule has 0 aliphatic carbocycles. The van der Waals surface area contributed by atoms with Gasteiger partial charge in [0.25, 0.3) is 0 Å². The largest absolute Gasteiger partial charge is 0.338 e. The fourth-order valence-corrected chi connectivity index (χ4v) is 2.07. The van der Waals surface area contributed by atoms with Crippen molar-refractivity contribution in [3.05, 3.63) is 12.7 Å². The molecule has 1 N–H and O–H groups in total. The maximum atomic E-state index is 11.1. The van der Waals surface area contributed by atoms with Crippen molar-refractivity contribution in [2.24, 2.45) is 0 Å². The Hall–Kier alpha value is -0.480. The van der Waals surface area contributed by atoms with Crippen LogP contribution in [0.1, 0.15) is 27.7 Å². The van der Waals surface area contributed by atoms with Gasteiger partial charge in [0.15, 0.2) is 0 Å². The summed E-state index contributed by atoms with van der Waals surface area (Å²) in [6.07, 6.45) is 1.91. The molecule has 0 aromatic carbocycles. The summed E-state index contributed by atoms with van der Waals surface area (Å²) < 4.78 is 3.59. The van der Waals surface area contributed by atoms with Crippen molar-refractivity contribution in [1.29, 1.82) is 0 Å². The van der Waals surface area contributed by atoms with Crippen LogP contribution in [0.2, 0.25) is 0 Å². The first kappa shape index (κ1) is 12.6. The Balaban J connectivity index is 2.46. The molecular formula is C11H20N2OS. The Morgan fingerprint density at radius 3 is 2.40 bits per heavy atom. The first-order chi connectivity index (χ1) is 6.78. The topological polar surface area (TPSA) is 32.3 Å². The number of carbonyl (C=O) groups excluding carboxylic acids is 1. The molecule has 3 nitrogen and oxygen atoms in total. The molecule has 4 heteroatoms. The van der Waals surface area contributed by atoms with Gasteiger partial charge in [-0.1, -0.05) is 18.0 Å². The van der Waals surface area contributed by atoms with Crippen LogP contribution in [0.3, 0.4) is 0 Å². The van der Waals surface area contributed by atoms with Gasteiger partial charge in [-0.2, -0.15) is 0 Å². The predicted molar refractivity (Wildman–Crippen MR) is 65.7 cm³/mol. The van der Waals surface area contributed by atoms with Gasteiger partial charge in [-0.05, 0) is 20.8 Å². The van der Waals surface area contributed by atoms with E-state index in [0.717, 1.165) is 13.1 Å². The summed E-state index contributed by atoms with van der Waals surface area (Å²) in [6.45, 7) is 13.4. The zero-order valence-corrected chi connectivity index (χ0v) is 10.8. The molecule has 0 unspecified atom stereocenters. The molecule has 0 aromatic rings. The highest BCUT2D eigenvalue weighted by atomic mass is 32.2. The maximum Gasteiger partial charge on any atom is 0.219 e. The Morgan fingerprint density at radius 1 is 1.53 bits per heavy atom. The minimum absolute atomic E-state index is 0.0936. The second-order valence-electron chi connectivity index (χ2n) is 5.05. The molecule has 1 amide bonds. The molecule has 1 rings (SSSR count). The van der Waals surface area contributed by atoms with E-state index in [2.05, 4.69) is 32.1 Å². The van der Waals surface area contributed by atoms with Crippen molar-refractivity contribution >= 4 is 17.9 Å². The van der Waals surface area contributed by atoms with Crippen molar-refractivity contribution in [3.8, 4) is 0 Å². The highest BCUT2D eigenvalue weighted by Gasteiger charge is 2.42. The van der Waals surface area contributed by atoms with Gasteiger partial charge in [0.2, 0.25) is 5.91 Å². The Morgan fingerprint density at radius 2 is 2.07 bits per heavy atom. The smallest absolute Gasteiger partial charge is 0.219 e. The van der Waals surface area contributed by atoms with Gasteiger partial charge in [0.05, 0.1) is 5.54 Å². The third kappa shape index (κ3) is 3.24. The van der Waals surface area contributed by atoms with E-state index in [1.807, 2.05) is 11.0 Å². The second kappa shape index (κ2) is 4.18. The third-order valence-corrected chi connectivity index (χ3v) is 3.46. The zero-order chi connectivity index (χ0) is 11.7. The Bertz CT molecular complexity index is 264. The summed E-state index contributed by atoms with van der Waals surface area (Å²) in [4.78, 5) is 12.9. The summed E-state index contributed by atoms with van der Waals surface area (Å²) in [5.74, 6) is 0.134. The van der Waals surface area contributed by atoms with Gasteiger partial charge in [0.1, 0.15) is 0 Å². The van der Waals surface area contributed by atoms with Crippen molar-refractivity contribution in [1.82, 2.24) is 9.62 Å². The molecule has 0 spiro atoms. The van der Waals surface area contributed by atoms with Crippen LogP contribution in [0.5, 0.6) is 0 Å². The molecule has 0 atom stereocenters. The molecule has 1 aliphatic rings. The number of nitrogens with zero attached hydrogens (tertiary/aromatic N) is 1. The molecule has 15 heavy (non-hydrogen) atoms. The molecule has 0 radical (unpaired) electrons. The first-order valence-corrected chi connectivity index (χ1v) is 5.94. The second-order valence-corrected chi connectivity index (χ2v) is 6.68. The van der Waals surface area contributed by atoms with Crippen LogP contribution in [0.15, 0.2) is 12.7 Å². The molecule has 1 fully saturated rings. The molecule has 0 aromatic heterocycles. The van der Waals surface area contributed by atoms with Crippen LogP contribution in [-0.4, -0.2) is 34.2 Å². The van der Waals surface area contributed by atoms with E-state index in [1.165, 1.54) is 0 Å². The van der Waals surface area contributed by atoms with E-state index in [9.17, 15) is 4.79 Å². The fourth-order valence-electron chi connectivity index (χ4n) is 1.35. The van der Waals surface area contributed by atoms with Gasteiger partial charge in [0, 0.05) is 24.8 Å². The van der Waals surface area contributed by atoms with E-state index >= 15 is 0 Å². The van der Waals surface area contributed by atoms with Crippen molar-refractivity contribution in [2.45, 2.75) is 38.0 Å². The molecule has 1 aliphatic heterocycles. The Kier molecular flexibility index (Phi) is 3.51. The van der Waals surface area contributed by atoms with Gasteiger partial charge in [-0.15, -0.1) is 6.58 Å². The highest BCUT2D eigenvalue weighted by Crippen LogP contribution is 2.29. The minimum Gasteiger partial charge on any atom is -0.338 e. The van der Waals surface area contributed by atoms with Crippen molar-refractivity contribution in [2.75, 3.05) is 13.1 Å².